The first-order valence-electron chi connectivity index (χ1n) is 7.84. The van der Waals surface area contributed by atoms with Gasteiger partial charge in [-0.2, -0.15) is 0 Å². The van der Waals surface area contributed by atoms with Crippen LogP contribution in [0.1, 0.15) is 18.1 Å². The molecule has 1 fully saturated rings. The van der Waals surface area contributed by atoms with Gasteiger partial charge in [-0.1, -0.05) is 54.3 Å². The molecule has 5 nitrogen and oxygen atoms in total. The second-order valence-electron chi connectivity index (χ2n) is 5.55. The van der Waals surface area contributed by atoms with Crippen molar-refractivity contribution in [3.63, 3.8) is 0 Å². The highest BCUT2D eigenvalue weighted by molar-refractivity contribution is 8.26. The van der Waals surface area contributed by atoms with Crippen molar-refractivity contribution in [1.29, 1.82) is 0 Å². The van der Waals surface area contributed by atoms with Gasteiger partial charge >= 0.3 is 0 Å². The smallest absolute Gasteiger partial charge is 0.263 e. The summed E-state index contributed by atoms with van der Waals surface area (Å²) in [5, 5.41) is 5.38. The van der Waals surface area contributed by atoms with Crippen LogP contribution in [0.15, 0.2) is 53.4 Å². The third-order valence-electron chi connectivity index (χ3n) is 3.52. The standard InChI is InChI=1S/C19H16N2O3S2/c1-12(22)20-16-8-3-2-6-14(16)11-24-15-7-4-5-13(9-15)10-17-18(23)21-19(25)26-17/h2-10H,11H2,1H3,(H,20,22)(H,21,23,25). The van der Waals surface area contributed by atoms with Crippen molar-refractivity contribution in [3.05, 3.63) is 64.6 Å². The highest BCUT2D eigenvalue weighted by atomic mass is 32.2. The maximum Gasteiger partial charge on any atom is 0.263 e. The van der Waals surface area contributed by atoms with Gasteiger partial charge in [0.2, 0.25) is 5.91 Å². The van der Waals surface area contributed by atoms with E-state index in [2.05, 4.69) is 10.6 Å². The first-order chi connectivity index (χ1) is 12.5. The number of rotatable bonds is 5. The highest BCUT2D eigenvalue weighted by Gasteiger charge is 2.21. The molecule has 2 amide bonds. The second kappa shape index (κ2) is 8.16. The Bertz CT molecular complexity index is 909. The zero-order valence-electron chi connectivity index (χ0n) is 13.9. The first kappa shape index (κ1) is 18.2. The Labute approximate surface area is 160 Å². The van der Waals surface area contributed by atoms with Crippen LogP contribution >= 0.6 is 24.0 Å². The minimum Gasteiger partial charge on any atom is -0.489 e. The van der Waals surface area contributed by atoms with E-state index in [9.17, 15) is 9.59 Å². The third-order valence-corrected chi connectivity index (χ3v) is 4.68. The summed E-state index contributed by atoms with van der Waals surface area (Å²) >= 11 is 6.23. The number of carbonyl (C=O) groups is 2. The number of ether oxygens (including phenoxy) is 1. The summed E-state index contributed by atoms with van der Waals surface area (Å²) < 4.78 is 6.32. The van der Waals surface area contributed by atoms with Crippen LogP contribution < -0.4 is 15.4 Å². The number of para-hydroxylation sites is 1. The van der Waals surface area contributed by atoms with Crippen molar-refractivity contribution in [2.45, 2.75) is 13.5 Å². The Hall–Kier alpha value is -2.64. The van der Waals surface area contributed by atoms with Crippen LogP contribution in [0.5, 0.6) is 5.75 Å². The molecular weight excluding hydrogens is 368 g/mol. The lowest BCUT2D eigenvalue weighted by molar-refractivity contribution is -0.115. The van der Waals surface area contributed by atoms with Crippen molar-refractivity contribution in [2.24, 2.45) is 0 Å². The van der Waals surface area contributed by atoms with E-state index in [0.29, 0.717) is 21.6 Å². The molecule has 2 aromatic rings. The lowest BCUT2D eigenvalue weighted by Gasteiger charge is -2.11. The Morgan fingerprint density at radius 1 is 1.27 bits per heavy atom. The maximum atomic E-state index is 11.8. The molecule has 26 heavy (non-hydrogen) atoms. The summed E-state index contributed by atoms with van der Waals surface area (Å²) in [4.78, 5) is 23.6. The quantitative estimate of drug-likeness (QED) is 0.608. The number of carbonyl (C=O) groups excluding carboxylic acids is 2. The molecule has 0 aromatic heterocycles. The van der Waals surface area contributed by atoms with Gasteiger partial charge in [0.1, 0.15) is 16.7 Å². The van der Waals surface area contributed by atoms with E-state index in [1.54, 1.807) is 6.08 Å². The minimum atomic E-state index is -0.185. The lowest BCUT2D eigenvalue weighted by Crippen LogP contribution is -2.17. The third kappa shape index (κ3) is 4.71. The van der Waals surface area contributed by atoms with Gasteiger partial charge in [-0.25, -0.2) is 0 Å². The zero-order chi connectivity index (χ0) is 18.5. The molecule has 3 rings (SSSR count). The lowest BCUT2D eigenvalue weighted by atomic mass is 10.1. The molecule has 1 aliphatic rings. The van der Waals surface area contributed by atoms with E-state index in [0.717, 1.165) is 16.8 Å². The van der Waals surface area contributed by atoms with Crippen LogP contribution in [0.2, 0.25) is 0 Å². The number of thiocarbonyl (C=S) groups is 1. The van der Waals surface area contributed by atoms with E-state index in [1.165, 1.54) is 18.7 Å². The molecule has 0 saturated carbocycles. The van der Waals surface area contributed by atoms with Gasteiger partial charge in [-0.3, -0.25) is 9.59 Å². The number of hydrogen-bond donors (Lipinski definition) is 2. The second-order valence-corrected chi connectivity index (χ2v) is 7.27. The van der Waals surface area contributed by atoms with Crippen LogP contribution in [-0.2, 0) is 16.2 Å². The van der Waals surface area contributed by atoms with E-state index < -0.39 is 0 Å². The van der Waals surface area contributed by atoms with Crippen LogP contribution in [0, 0.1) is 0 Å². The number of nitrogens with one attached hydrogen (secondary N) is 2. The molecule has 132 valence electrons. The fraction of sp³-hybridized carbons (Fsp3) is 0.105. The van der Waals surface area contributed by atoms with E-state index >= 15 is 0 Å². The summed E-state index contributed by atoms with van der Waals surface area (Å²) in [6, 6.07) is 14.9. The minimum absolute atomic E-state index is 0.128. The van der Waals surface area contributed by atoms with Gasteiger partial charge in [0.15, 0.2) is 0 Å². The van der Waals surface area contributed by atoms with Gasteiger partial charge in [0.25, 0.3) is 5.91 Å². The maximum absolute atomic E-state index is 11.8. The Kier molecular flexibility index (Phi) is 5.70. The molecular formula is C19H16N2O3S2. The molecule has 2 N–H and O–H groups in total. The summed E-state index contributed by atoms with van der Waals surface area (Å²) in [6.45, 7) is 1.78. The summed E-state index contributed by atoms with van der Waals surface area (Å²) in [6.07, 6.45) is 1.78. The van der Waals surface area contributed by atoms with Gasteiger partial charge in [-0.05, 0) is 29.8 Å². The van der Waals surface area contributed by atoms with E-state index in [-0.39, 0.29) is 11.8 Å². The molecule has 0 bridgehead atoms. The van der Waals surface area contributed by atoms with Gasteiger partial charge in [0.05, 0.1) is 4.91 Å². The van der Waals surface area contributed by atoms with Crippen molar-refractivity contribution in [3.8, 4) is 5.75 Å². The monoisotopic (exact) mass is 384 g/mol. The van der Waals surface area contributed by atoms with Gasteiger partial charge in [0, 0.05) is 18.2 Å². The molecule has 7 heteroatoms. The Balaban J connectivity index is 1.72. The van der Waals surface area contributed by atoms with Crippen LogP contribution in [-0.4, -0.2) is 16.1 Å². The van der Waals surface area contributed by atoms with E-state index in [4.69, 9.17) is 17.0 Å². The highest BCUT2D eigenvalue weighted by Crippen LogP contribution is 2.27. The molecule has 0 radical (unpaired) electrons. The zero-order valence-corrected chi connectivity index (χ0v) is 15.6. The van der Waals surface area contributed by atoms with Crippen molar-refractivity contribution >= 4 is 51.9 Å². The molecule has 1 saturated heterocycles. The van der Waals surface area contributed by atoms with Crippen LogP contribution in [0.3, 0.4) is 0 Å². The normalized spacial score (nSPS) is 15.0. The van der Waals surface area contributed by atoms with E-state index in [1.807, 2.05) is 48.5 Å². The fourth-order valence-electron chi connectivity index (χ4n) is 2.39. The number of benzene rings is 2. The average molecular weight is 384 g/mol. The molecule has 0 spiro atoms. The van der Waals surface area contributed by atoms with Gasteiger partial charge in [-0.15, -0.1) is 0 Å². The van der Waals surface area contributed by atoms with Crippen LogP contribution in [0.4, 0.5) is 5.69 Å². The fourth-order valence-corrected chi connectivity index (χ4v) is 3.43. The Morgan fingerprint density at radius 3 is 2.81 bits per heavy atom. The number of hydrogen-bond acceptors (Lipinski definition) is 5. The topological polar surface area (TPSA) is 67.4 Å². The van der Waals surface area contributed by atoms with Crippen molar-refractivity contribution in [1.82, 2.24) is 5.32 Å². The van der Waals surface area contributed by atoms with Crippen LogP contribution in [0.25, 0.3) is 6.08 Å². The summed E-state index contributed by atoms with van der Waals surface area (Å²) in [5.41, 5.74) is 2.45. The average Bonchev–Trinajstić information content (AvgIpc) is 2.91. The largest absolute Gasteiger partial charge is 0.489 e. The first-order valence-corrected chi connectivity index (χ1v) is 9.07. The molecule has 0 aliphatic carbocycles. The molecule has 0 unspecified atom stereocenters. The van der Waals surface area contributed by atoms with Gasteiger partial charge < -0.3 is 15.4 Å². The number of anilines is 1. The summed E-state index contributed by atoms with van der Waals surface area (Å²) in [7, 11) is 0. The van der Waals surface area contributed by atoms with Crippen molar-refractivity contribution in [2.75, 3.05) is 5.32 Å². The molecule has 1 heterocycles. The number of amides is 2. The predicted molar refractivity (Wildman–Crippen MR) is 108 cm³/mol. The predicted octanol–water partition coefficient (Wildman–Crippen LogP) is 3.71. The molecule has 2 aromatic carbocycles. The number of thioether (sulfide) groups is 1. The molecule has 1 aliphatic heterocycles. The summed E-state index contributed by atoms with van der Waals surface area (Å²) in [5.74, 6) is 0.356. The Morgan fingerprint density at radius 2 is 2.08 bits per heavy atom. The molecule has 0 atom stereocenters. The van der Waals surface area contributed by atoms with Crippen molar-refractivity contribution < 1.29 is 14.3 Å². The SMILES string of the molecule is CC(=O)Nc1ccccc1COc1cccc(C=C2SC(=S)NC2=O)c1.